The molecule has 1 heterocycles. The Hall–Kier alpha value is -2.17. The molecule has 0 saturated heterocycles. The van der Waals surface area contributed by atoms with E-state index in [0.29, 0.717) is 18.2 Å². The molecule has 0 amide bonds. The van der Waals surface area contributed by atoms with Gasteiger partial charge in [-0.3, -0.25) is 0 Å². The molecule has 0 saturated carbocycles. The summed E-state index contributed by atoms with van der Waals surface area (Å²) in [7, 11) is 0. The molecular formula is C18H16ClFN2O. The first-order chi connectivity index (χ1) is 11.1. The van der Waals surface area contributed by atoms with Crippen molar-refractivity contribution in [3.05, 3.63) is 77.0 Å². The molecule has 0 aliphatic rings. The minimum atomic E-state index is -0.274. The van der Waals surface area contributed by atoms with Crippen molar-refractivity contribution in [2.75, 3.05) is 0 Å². The van der Waals surface area contributed by atoms with E-state index in [-0.39, 0.29) is 11.9 Å². The molecule has 118 valence electrons. The second-order valence-electron chi connectivity index (χ2n) is 5.25. The Labute approximate surface area is 139 Å². The van der Waals surface area contributed by atoms with E-state index in [4.69, 9.17) is 16.0 Å². The summed E-state index contributed by atoms with van der Waals surface area (Å²) in [6.07, 6.45) is 1.64. The highest BCUT2D eigenvalue weighted by atomic mass is 35.5. The van der Waals surface area contributed by atoms with Crippen LogP contribution in [0, 0.1) is 5.82 Å². The standard InChI is InChI=1S/C18H16ClFN2O/c1-12(15-4-2-3-5-16(15)19)21-11-18-22-10-17(23-18)13-6-8-14(20)9-7-13/h2-10,12,21H,11H2,1H3/t12-/m0/s1. The average molecular weight is 331 g/mol. The van der Waals surface area contributed by atoms with Gasteiger partial charge in [0.1, 0.15) is 5.82 Å². The van der Waals surface area contributed by atoms with Gasteiger partial charge in [0.2, 0.25) is 5.89 Å². The summed E-state index contributed by atoms with van der Waals surface area (Å²) in [5.41, 5.74) is 1.82. The van der Waals surface area contributed by atoms with Crippen LogP contribution in [0.1, 0.15) is 24.4 Å². The molecule has 0 spiro atoms. The Morgan fingerprint density at radius 2 is 1.91 bits per heavy atom. The Kier molecular flexibility index (Phi) is 4.74. The molecule has 1 N–H and O–H groups in total. The lowest BCUT2D eigenvalue weighted by atomic mass is 10.1. The van der Waals surface area contributed by atoms with Gasteiger partial charge in [0.25, 0.3) is 0 Å². The maximum atomic E-state index is 12.9. The van der Waals surface area contributed by atoms with Crippen molar-refractivity contribution in [1.29, 1.82) is 0 Å². The zero-order valence-electron chi connectivity index (χ0n) is 12.6. The fourth-order valence-corrected chi connectivity index (χ4v) is 2.62. The highest BCUT2D eigenvalue weighted by Crippen LogP contribution is 2.23. The molecule has 23 heavy (non-hydrogen) atoms. The van der Waals surface area contributed by atoms with E-state index >= 15 is 0 Å². The summed E-state index contributed by atoms with van der Waals surface area (Å²) >= 11 is 6.19. The van der Waals surface area contributed by atoms with Crippen LogP contribution in [0.3, 0.4) is 0 Å². The van der Waals surface area contributed by atoms with Crippen LogP contribution in [0.5, 0.6) is 0 Å². The fraction of sp³-hybridized carbons (Fsp3) is 0.167. The molecular weight excluding hydrogens is 315 g/mol. The Balaban J connectivity index is 1.65. The van der Waals surface area contributed by atoms with Gasteiger partial charge in [0.15, 0.2) is 5.76 Å². The zero-order chi connectivity index (χ0) is 16.2. The molecule has 3 nitrogen and oxygen atoms in total. The van der Waals surface area contributed by atoms with Gasteiger partial charge in [-0.05, 0) is 42.8 Å². The number of aromatic nitrogens is 1. The summed E-state index contributed by atoms with van der Waals surface area (Å²) < 4.78 is 18.6. The smallest absolute Gasteiger partial charge is 0.208 e. The van der Waals surface area contributed by atoms with Crippen LogP contribution in [0.25, 0.3) is 11.3 Å². The van der Waals surface area contributed by atoms with Crippen molar-refractivity contribution < 1.29 is 8.81 Å². The van der Waals surface area contributed by atoms with Crippen LogP contribution < -0.4 is 5.32 Å². The monoisotopic (exact) mass is 330 g/mol. The van der Waals surface area contributed by atoms with E-state index in [1.807, 2.05) is 31.2 Å². The number of nitrogens with zero attached hydrogens (tertiary/aromatic N) is 1. The summed E-state index contributed by atoms with van der Waals surface area (Å²) in [6, 6.07) is 13.9. The molecule has 2 aromatic carbocycles. The van der Waals surface area contributed by atoms with Gasteiger partial charge in [-0.15, -0.1) is 0 Å². The van der Waals surface area contributed by atoms with E-state index in [0.717, 1.165) is 16.1 Å². The molecule has 3 aromatic rings. The number of halogens is 2. The summed E-state index contributed by atoms with van der Waals surface area (Å²) in [6.45, 7) is 2.51. The van der Waals surface area contributed by atoms with E-state index in [2.05, 4.69) is 10.3 Å². The third-order valence-corrected chi connectivity index (χ3v) is 3.96. The molecule has 0 bridgehead atoms. The van der Waals surface area contributed by atoms with Gasteiger partial charge < -0.3 is 9.73 Å². The predicted molar refractivity (Wildman–Crippen MR) is 88.6 cm³/mol. The van der Waals surface area contributed by atoms with Crippen LogP contribution >= 0.6 is 11.6 Å². The highest BCUT2D eigenvalue weighted by Gasteiger charge is 2.11. The lowest BCUT2D eigenvalue weighted by Crippen LogP contribution is -2.18. The van der Waals surface area contributed by atoms with Crippen LogP contribution in [-0.4, -0.2) is 4.98 Å². The van der Waals surface area contributed by atoms with E-state index < -0.39 is 0 Å². The fourth-order valence-electron chi connectivity index (χ4n) is 2.32. The van der Waals surface area contributed by atoms with Crippen molar-refractivity contribution >= 4 is 11.6 Å². The number of hydrogen-bond acceptors (Lipinski definition) is 3. The van der Waals surface area contributed by atoms with Gasteiger partial charge in [-0.25, -0.2) is 9.37 Å². The molecule has 3 rings (SSSR count). The molecule has 0 fully saturated rings. The zero-order valence-corrected chi connectivity index (χ0v) is 13.3. The Morgan fingerprint density at radius 1 is 1.17 bits per heavy atom. The molecule has 0 unspecified atom stereocenters. The Morgan fingerprint density at radius 3 is 2.65 bits per heavy atom. The Bertz CT molecular complexity index is 786. The van der Waals surface area contributed by atoms with Crippen molar-refractivity contribution in [2.24, 2.45) is 0 Å². The van der Waals surface area contributed by atoms with Crippen molar-refractivity contribution in [1.82, 2.24) is 10.3 Å². The predicted octanol–water partition coefficient (Wildman–Crippen LogP) is 4.98. The molecule has 1 aromatic heterocycles. The molecule has 1 atom stereocenters. The minimum Gasteiger partial charge on any atom is -0.439 e. The SMILES string of the molecule is C[C@H](NCc1ncc(-c2ccc(F)cc2)o1)c1ccccc1Cl. The topological polar surface area (TPSA) is 38.1 Å². The number of rotatable bonds is 5. The molecule has 5 heteroatoms. The lowest BCUT2D eigenvalue weighted by molar-refractivity contribution is 0.454. The summed E-state index contributed by atoms with van der Waals surface area (Å²) in [5, 5.41) is 4.06. The largest absolute Gasteiger partial charge is 0.439 e. The lowest BCUT2D eigenvalue weighted by Gasteiger charge is -2.14. The highest BCUT2D eigenvalue weighted by molar-refractivity contribution is 6.31. The first-order valence-corrected chi connectivity index (χ1v) is 7.70. The van der Waals surface area contributed by atoms with E-state index in [9.17, 15) is 4.39 Å². The van der Waals surface area contributed by atoms with Crippen molar-refractivity contribution in [2.45, 2.75) is 19.5 Å². The summed E-state index contributed by atoms with van der Waals surface area (Å²) in [4.78, 5) is 4.25. The second kappa shape index (κ2) is 6.94. The van der Waals surface area contributed by atoms with E-state index in [1.165, 1.54) is 12.1 Å². The number of hydrogen-bond donors (Lipinski definition) is 1. The number of benzene rings is 2. The maximum absolute atomic E-state index is 12.9. The third-order valence-electron chi connectivity index (χ3n) is 3.61. The molecule has 0 radical (unpaired) electrons. The minimum absolute atomic E-state index is 0.0740. The van der Waals surface area contributed by atoms with Crippen LogP contribution in [0.15, 0.2) is 59.1 Å². The van der Waals surface area contributed by atoms with Crippen LogP contribution in [-0.2, 0) is 6.54 Å². The van der Waals surface area contributed by atoms with Gasteiger partial charge in [-0.2, -0.15) is 0 Å². The number of nitrogens with one attached hydrogen (secondary N) is 1. The normalized spacial score (nSPS) is 12.3. The van der Waals surface area contributed by atoms with Gasteiger partial charge in [-0.1, -0.05) is 29.8 Å². The second-order valence-corrected chi connectivity index (χ2v) is 5.66. The van der Waals surface area contributed by atoms with Crippen LogP contribution in [0.2, 0.25) is 5.02 Å². The van der Waals surface area contributed by atoms with Gasteiger partial charge >= 0.3 is 0 Å². The average Bonchev–Trinajstić information content (AvgIpc) is 3.03. The van der Waals surface area contributed by atoms with Gasteiger partial charge in [0.05, 0.1) is 12.7 Å². The molecule has 0 aliphatic heterocycles. The first-order valence-electron chi connectivity index (χ1n) is 7.32. The third kappa shape index (κ3) is 3.78. The van der Waals surface area contributed by atoms with E-state index in [1.54, 1.807) is 18.3 Å². The van der Waals surface area contributed by atoms with Gasteiger partial charge in [0, 0.05) is 16.6 Å². The van der Waals surface area contributed by atoms with Crippen molar-refractivity contribution in [3.63, 3.8) is 0 Å². The summed E-state index contributed by atoms with van der Waals surface area (Å²) in [5.74, 6) is 0.916. The quantitative estimate of drug-likeness (QED) is 0.716. The number of oxazole rings is 1. The maximum Gasteiger partial charge on any atom is 0.208 e. The molecule has 0 aliphatic carbocycles. The van der Waals surface area contributed by atoms with Crippen LogP contribution in [0.4, 0.5) is 4.39 Å². The van der Waals surface area contributed by atoms with Crippen molar-refractivity contribution in [3.8, 4) is 11.3 Å². The first kappa shape index (κ1) is 15.7.